The van der Waals surface area contributed by atoms with Crippen LogP contribution in [0.1, 0.15) is 34.0 Å². The van der Waals surface area contributed by atoms with Gasteiger partial charge in [0.15, 0.2) is 5.78 Å². The van der Waals surface area contributed by atoms with Crippen molar-refractivity contribution in [1.29, 1.82) is 0 Å². The summed E-state index contributed by atoms with van der Waals surface area (Å²) in [7, 11) is 1.58. The molecular formula is C27H26FNO4. The van der Waals surface area contributed by atoms with Crippen LogP contribution in [0.3, 0.4) is 0 Å². The number of rotatable bonds is 7. The van der Waals surface area contributed by atoms with E-state index in [1.165, 1.54) is 19.1 Å². The molecule has 1 aliphatic rings. The van der Waals surface area contributed by atoms with Gasteiger partial charge in [0.05, 0.1) is 20.1 Å². The SMILES string of the molecule is COc1ccccc1CC(=O)NCC1Cc2cc(C)cc(-c3cc(C(C)=O)ccc3F)c2O1. The van der Waals surface area contributed by atoms with E-state index >= 15 is 0 Å². The van der Waals surface area contributed by atoms with Crippen molar-refractivity contribution in [2.24, 2.45) is 0 Å². The first kappa shape index (κ1) is 22.5. The lowest BCUT2D eigenvalue weighted by molar-refractivity contribution is -0.120. The third-order valence-corrected chi connectivity index (χ3v) is 5.78. The molecule has 0 radical (unpaired) electrons. The molecule has 1 unspecified atom stereocenters. The molecule has 0 fully saturated rings. The van der Waals surface area contributed by atoms with E-state index in [2.05, 4.69) is 5.32 Å². The van der Waals surface area contributed by atoms with Crippen molar-refractivity contribution in [2.75, 3.05) is 13.7 Å². The third-order valence-electron chi connectivity index (χ3n) is 5.78. The molecule has 33 heavy (non-hydrogen) atoms. The molecular weight excluding hydrogens is 421 g/mol. The standard InChI is InChI=1S/C27H26FNO4/c1-16-10-20-12-21(15-29-26(31)14-19-6-4-5-7-25(19)32-3)33-27(20)23(11-16)22-13-18(17(2)30)8-9-24(22)28/h4-11,13,21H,12,14-15H2,1-3H3,(H,29,31). The number of methoxy groups -OCH3 is 1. The maximum atomic E-state index is 14.7. The molecule has 0 saturated carbocycles. The second kappa shape index (κ2) is 9.45. The monoisotopic (exact) mass is 447 g/mol. The van der Waals surface area contributed by atoms with Gasteiger partial charge in [-0.15, -0.1) is 0 Å². The molecule has 3 aromatic carbocycles. The number of halogens is 1. The lowest BCUT2D eigenvalue weighted by Crippen LogP contribution is -2.35. The number of hydrogen-bond acceptors (Lipinski definition) is 4. The number of amides is 1. The van der Waals surface area contributed by atoms with Crippen molar-refractivity contribution in [3.8, 4) is 22.6 Å². The van der Waals surface area contributed by atoms with Gasteiger partial charge in [-0.05, 0) is 55.3 Å². The Labute approximate surface area is 192 Å². The van der Waals surface area contributed by atoms with Crippen LogP contribution in [-0.2, 0) is 17.6 Å². The number of carbonyl (C=O) groups is 2. The average molecular weight is 448 g/mol. The van der Waals surface area contributed by atoms with Crippen molar-refractivity contribution < 1.29 is 23.5 Å². The highest BCUT2D eigenvalue weighted by atomic mass is 19.1. The summed E-state index contributed by atoms with van der Waals surface area (Å²) in [4.78, 5) is 24.3. The molecule has 0 aliphatic carbocycles. The van der Waals surface area contributed by atoms with Gasteiger partial charge < -0.3 is 14.8 Å². The minimum Gasteiger partial charge on any atom is -0.496 e. The Morgan fingerprint density at radius 2 is 1.91 bits per heavy atom. The van der Waals surface area contributed by atoms with Crippen molar-refractivity contribution in [3.05, 3.63) is 82.7 Å². The molecule has 4 rings (SSSR count). The molecule has 1 heterocycles. The molecule has 6 heteroatoms. The normalized spacial score (nSPS) is 14.4. The van der Waals surface area contributed by atoms with Crippen LogP contribution in [0.25, 0.3) is 11.1 Å². The molecule has 170 valence electrons. The molecule has 0 saturated heterocycles. The van der Waals surface area contributed by atoms with Gasteiger partial charge in [-0.3, -0.25) is 9.59 Å². The second-order valence-corrected chi connectivity index (χ2v) is 8.29. The Balaban J connectivity index is 1.49. The summed E-state index contributed by atoms with van der Waals surface area (Å²) in [5, 5.41) is 2.93. The van der Waals surface area contributed by atoms with Crippen LogP contribution >= 0.6 is 0 Å². The van der Waals surface area contributed by atoms with E-state index < -0.39 is 5.82 Å². The first-order chi connectivity index (χ1) is 15.9. The summed E-state index contributed by atoms with van der Waals surface area (Å²) in [5.41, 5.74) is 4.14. The topological polar surface area (TPSA) is 64.6 Å². The van der Waals surface area contributed by atoms with Gasteiger partial charge in [0.25, 0.3) is 0 Å². The van der Waals surface area contributed by atoms with Gasteiger partial charge in [-0.2, -0.15) is 0 Å². The summed E-state index contributed by atoms with van der Waals surface area (Å²) >= 11 is 0. The van der Waals surface area contributed by atoms with Gasteiger partial charge in [-0.1, -0.05) is 24.3 Å². The Morgan fingerprint density at radius 1 is 1.12 bits per heavy atom. The van der Waals surface area contributed by atoms with Crippen LogP contribution in [-0.4, -0.2) is 31.4 Å². The minimum absolute atomic E-state index is 0.128. The zero-order valence-electron chi connectivity index (χ0n) is 18.9. The van der Waals surface area contributed by atoms with E-state index in [1.54, 1.807) is 13.2 Å². The molecule has 0 spiro atoms. The number of ketones is 1. The molecule has 1 N–H and O–H groups in total. The fraction of sp³-hybridized carbons (Fsp3) is 0.259. The summed E-state index contributed by atoms with van der Waals surface area (Å²) < 4.78 is 26.2. The van der Waals surface area contributed by atoms with E-state index in [9.17, 15) is 14.0 Å². The fourth-order valence-electron chi connectivity index (χ4n) is 4.17. The van der Waals surface area contributed by atoms with Crippen molar-refractivity contribution in [3.63, 3.8) is 0 Å². The number of benzene rings is 3. The second-order valence-electron chi connectivity index (χ2n) is 8.29. The van der Waals surface area contributed by atoms with Gasteiger partial charge in [0.1, 0.15) is 23.4 Å². The molecule has 1 amide bonds. The number of fused-ring (bicyclic) bond motifs is 1. The Bertz CT molecular complexity index is 1220. The first-order valence-electron chi connectivity index (χ1n) is 10.9. The van der Waals surface area contributed by atoms with Crippen LogP contribution in [0.2, 0.25) is 0 Å². The molecule has 1 atom stereocenters. The van der Waals surface area contributed by atoms with Crippen LogP contribution in [0.5, 0.6) is 11.5 Å². The quantitative estimate of drug-likeness (QED) is 0.535. The molecule has 3 aromatic rings. The predicted molar refractivity (Wildman–Crippen MR) is 124 cm³/mol. The van der Waals surface area contributed by atoms with Gasteiger partial charge in [0.2, 0.25) is 5.91 Å². The average Bonchev–Trinajstić information content (AvgIpc) is 3.20. The summed E-state index contributed by atoms with van der Waals surface area (Å²) in [6.07, 6.45) is 0.547. The maximum absolute atomic E-state index is 14.7. The van der Waals surface area contributed by atoms with Crippen LogP contribution < -0.4 is 14.8 Å². The predicted octanol–water partition coefficient (Wildman–Crippen LogP) is 4.67. The lowest BCUT2D eigenvalue weighted by atomic mass is 9.95. The zero-order chi connectivity index (χ0) is 23.5. The molecule has 5 nitrogen and oxygen atoms in total. The number of carbonyl (C=O) groups excluding carboxylic acids is 2. The van der Waals surface area contributed by atoms with E-state index in [-0.39, 0.29) is 24.2 Å². The Hall–Kier alpha value is -3.67. The number of nitrogens with one attached hydrogen (secondary N) is 1. The van der Waals surface area contributed by atoms with Crippen molar-refractivity contribution >= 4 is 11.7 Å². The van der Waals surface area contributed by atoms with Crippen LogP contribution in [0, 0.1) is 12.7 Å². The Morgan fingerprint density at radius 3 is 2.67 bits per heavy atom. The van der Waals surface area contributed by atoms with Crippen molar-refractivity contribution in [1.82, 2.24) is 5.32 Å². The van der Waals surface area contributed by atoms with Gasteiger partial charge >= 0.3 is 0 Å². The van der Waals surface area contributed by atoms with Crippen LogP contribution in [0.15, 0.2) is 54.6 Å². The summed E-state index contributed by atoms with van der Waals surface area (Å²) in [6, 6.07) is 15.7. The highest BCUT2D eigenvalue weighted by Crippen LogP contribution is 2.41. The van der Waals surface area contributed by atoms with E-state index in [0.29, 0.717) is 41.2 Å². The lowest BCUT2D eigenvalue weighted by Gasteiger charge is -2.15. The molecule has 0 aromatic heterocycles. The number of ether oxygens (including phenoxy) is 2. The van der Waals surface area contributed by atoms with E-state index in [0.717, 1.165) is 16.7 Å². The third kappa shape index (κ3) is 4.90. The van der Waals surface area contributed by atoms with Crippen LogP contribution in [0.4, 0.5) is 4.39 Å². The van der Waals surface area contributed by atoms with Gasteiger partial charge in [-0.25, -0.2) is 4.39 Å². The number of Topliss-reactive ketones (excluding diaryl/α,β-unsaturated/α-hetero) is 1. The Kier molecular flexibility index (Phi) is 6.45. The van der Waals surface area contributed by atoms with Gasteiger partial charge in [0, 0.05) is 28.7 Å². The smallest absolute Gasteiger partial charge is 0.224 e. The molecule has 1 aliphatic heterocycles. The highest BCUT2D eigenvalue weighted by molar-refractivity contribution is 5.95. The fourth-order valence-corrected chi connectivity index (χ4v) is 4.17. The summed E-state index contributed by atoms with van der Waals surface area (Å²) in [6.45, 7) is 3.73. The van der Waals surface area contributed by atoms with Crippen molar-refractivity contribution in [2.45, 2.75) is 32.8 Å². The number of para-hydroxylation sites is 1. The minimum atomic E-state index is -0.412. The first-order valence-corrected chi connectivity index (χ1v) is 10.9. The number of hydrogen-bond donors (Lipinski definition) is 1. The zero-order valence-corrected chi connectivity index (χ0v) is 18.9. The highest BCUT2D eigenvalue weighted by Gasteiger charge is 2.28. The summed E-state index contributed by atoms with van der Waals surface area (Å²) in [5.74, 6) is 0.606. The number of aryl methyl sites for hydroxylation is 1. The van der Waals surface area contributed by atoms with E-state index in [4.69, 9.17) is 9.47 Å². The maximum Gasteiger partial charge on any atom is 0.224 e. The largest absolute Gasteiger partial charge is 0.496 e. The van der Waals surface area contributed by atoms with E-state index in [1.807, 2.05) is 43.3 Å². The molecule has 0 bridgehead atoms.